The topological polar surface area (TPSA) is 81.3 Å². The summed E-state index contributed by atoms with van der Waals surface area (Å²) in [5, 5.41) is 11.0. The predicted octanol–water partition coefficient (Wildman–Crippen LogP) is 3.07. The third kappa shape index (κ3) is 4.49. The molecule has 0 aliphatic carbocycles. The molecular weight excluding hydrogens is 398 g/mol. The van der Waals surface area contributed by atoms with Crippen LogP contribution in [0.3, 0.4) is 0 Å². The molecule has 2 aromatic carbocycles. The maximum absolute atomic E-state index is 12.9. The molecule has 30 heavy (non-hydrogen) atoms. The van der Waals surface area contributed by atoms with Gasteiger partial charge in [-0.25, -0.2) is 0 Å². The van der Waals surface area contributed by atoms with Gasteiger partial charge in [-0.15, -0.1) is 11.8 Å². The summed E-state index contributed by atoms with van der Waals surface area (Å²) in [5.41, 5.74) is 2.20. The summed E-state index contributed by atoms with van der Waals surface area (Å²) in [6.45, 7) is 3.46. The number of thioether (sulfide) groups is 1. The van der Waals surface area contributed by atoms with Crippen molar-refractivity contribution >= 4 is 40.2 Å². The van der Waals surface area contributed by atoms with Gasteiger partial charge < -0.3 is 10.2 Å². The van der Waals surface area contributed by atoms with Crippen LogP contribution in [0, 0.1) is 0 Å². The zero-order chi connectivity index (χ0) is 20.9. The minimum atomic E-state index is -0.0430. The van der Waals surface area contributed by atoms with Gasteiger partial charge in [0, 0.05) is 49.4 Å². The van der Waals surface area contributed by atoms with Crippen molar-refractivity contribution in [2.75, 3.05) is 44.3 Å². The van der Waals surface area contributed by atoms with Crippen LogP contribution >= 0.6 is 11.8 Å². The van der Waals surface area contributed by atoms with Gasteiger partial charge in [-0.1, -0.05) is 30.3 Å². The highest BCUT2D eigenvalue weighted by Gasteiger charge is 2.25. The smallest absolute Gasteiger partial charge is 0.275 e. The number of hydrogen-bond acceptors (Lipinski definition) is 5. The number of benzene rings is 2. The Labute approximate surface area is 179 Å². The van der Waals surface area contributed by atoms with Gasteiger partial charge in [-0.05, 0) is 24.5 Å². The highest BCUT2D eigenvalue weighted by molar-refractivity contribution is 7.98. The Kier molecular flexibility index (Phi) is 6.35. The Bertz CT molecular complexity index is 1040. The number of carbonyl (C=O) groups is 2. The molecule has 0 spiro atoms. The number of rotatable bonds is 6. The van der Waals surface area contributed by atoms with Gasteiger partial charge in [0.1, 0.15) is 0 Å². The minimum absolute atomic E-state index is 0.0120. The SMILES string of the molecule is CSc1ccccc1NC(=O)CCN1CCN(C(=O)c2n[nH]c3ccccc23)CC1. The van der Waals surface area contributed by atoms with Crippen LogP contribution in [0.2, 0.25) is 0 Å². The van der Waals surface area contributed by atoms with E-state index in [4.69, 9.17) is 0 Å². The van der Waals surface area contributed by atoms with Crippen LogP contribution in [-0.2, 0) is 4.79 Å². The van der Waals surface area contributed by atoms with Crippen molar-refractivity contribution in [3.05, 3.63) is 54.2 Å². The van der Waals surface area contributed by atoms with E-state index in [0.29, 0.717) is 31.7 Å². The summed E-state index contributed by atoms with van der Waals surface area (Å²) in [4.78, 5) is 30.4. The Morgan fingerprint density at radius 1 is 1.07 bits per heavy atom. The Balaban J connectivity index is 1.26. The number of hydrogen-bond donors (Lipinski definition) is 2. The van der Waals surface area contributed by atoms with E-state index in [1.807, 2.05) is 59.7 Å². The second-order valence-electron chi connectivity index (χ2n) is 7.25. The summed E-state index contributed by atoms with van der Waals surface area (Å²) in [5.74, 6) is -0.0310. The van der Waals surface area contributed by atoms with E-state index in [0.717, 1.165) is 34.6 Å². The number of anilines is 1. The van der Waals surface area contributed by atoms with E-state index in [1.54, 1.807) is 11.8 Å². The van der Waals surface area contributed by atoms with Crippen molar-refractivity contribution in [1.29, 1.82) is 0 Å². The number of H-pyrrole nitrogens is 1. The third-order valence-electron chi connectivity index (χ3n) is 5.37. The number of piperazine rings is 1. The highest BCUT2D eigenvalue weighted by atomic mass is 32.2. The second-order valence-corrected chi connectivity index (χ2v) is 8.10. The molecule has 0 unspecified atom stereocenters. The second kappa shape index (κ2) is 9.32. The average Bonchev–Trinajstić information content (AvgIpc) is 3.22. The van der Waals surface area contributed by atoms with Crippen LogP contribution in [0.25, 0.3) is 10.9 Å². The Morgan fingerprint density at radius 3 is 2.60 bits per heavy atom. The van der Waals surface area contributed by atoms with Crippen molar-refractivity contribution in [2.45, 2.75) is 11.3 Å². The first-order valence-electron chi connectivity index (χ1n) is 10.0. The summed E-state index contributed by atoms with van der Waals surface area (Å²) in [6.07, 6.45) is 2.43. The summed E-state index contributed by atoms with van der Waals surface area (Å²) >= 11 is 1.62. The molecule has 156 valence electrons. The molecule has 1 saturated heterocycles. The maximum atomic E-state index is 12.9. The van der Waals surface area contributed by atoms with Crippen molar-refractivity contribution in [3.63, 3.8) is 0 Å². The molecule has 4 rings (SSSR count). The molecule has 1 aliphatic rings. The third-order valence-corrected chi connectivity index (χ3v) is 6.16. The highest BCUT2D eigenvalue weighted by Crippen LogP contribution is 2.24. The van der Waals surface area contributed by atoms with Gasteiger partial charge in [-0.2, -0.15) is 5.10 Å². The van der Waals surface area contributed by atoms with Gasteiger partial charge >= 0.3 is 0 Å². The fraction of sp³-hybridized carbons (Fsp3) is 0.318. The molecule has 7 nitrogen and oxygen atoms in total. The molecule has 0 bridgehead atoms. The van der Waals surface area contributed by atoms with Gasteiger partial charge in [0.25, 0.3) is 5.91 Å². The lowest BCUT2D eigenvalue weighted by atomic mass is 10.2. The van der Waals surface area contributed by atoms with Crippen LogP contribution in [-0.4, -0.2) is 70.8 Å². The van der Waals surface area contributed by atoms with Crippen LogP contribution in [0.1, 0.15) is 16.9 Å². The van der Waals surface area contributed by atoms with E-state index in [2.05, 4.69) is 20.4 Å². The normalized spacial score (nSPS) is 14.8. The van der Waals surface area contributed by atoms with E-state index in [1.165, 1.54) is 0 Å². The molecule has 2 amide bonds. The molecule has 2 heterocycles. The molecule has 3 aromatic rings. The van der Waals surface area contributed by atoms with Crippen molar-refractivity contribution in [1.82, 2.24) is 20.0 Å². The number of carbonyl (C=O) groups excluding carboxylic acids is 2. The molecule has 0 radical (unpaired) electrons. The minimum Gasteiger partial charge on any atom is -0.335 e. The zero-order valence-corrected chi connectivity index (χ0v) is 17.7. The summed E-state index contributed by atoms with van der Waals surface area (Å²) in [7, 11) is 0. The fourth-order valence-electron chi connectivity index (χ4n) is 3.67. The summed E-state index contributed by atoms with van der Waals surface area (Å²) in [6, 6.07) is 15.5. The Hall–Kier alpha value is -2.84. The number of aromatic nitrogens is 2. The zero-order valence-electron chi connectivity index (χ0n) is 16.9. The van der Waals surface area contributed by atoms with Crippen LogP contribution in [0.5, 0.6) is 0 Å². The van der Waals surface area contributed by atoms with Crippen molar-refractivity contribution < 1.29 is 9.59 Å². The van der Waals surface area contributed by atoms with Crippen LogP contribution < -0.4 is 5.32 Å². The maximum Gasteiger partial charge on any atom is 0.275 e. The Morgan fingerprint density at radius 2 is 1.80 bits per heavy atom. The number of nitrogens with zero attached hydrogens (tertiary/aromatic N) is 3. The molecule has 1 aromatic heterocycles. The van der Waals surface area contributed by atoms with Crippen molar-refractivity contribution in [3.8, 4) is 0 Å². The van der Waals surface area contributed by atoms with Gasteiger partial charge in [0.15, 0.2) is 5.69 Å². The number of fused-ring (bicyclic) bond motifs is 1. The van der Waals surface area contributed by atoms with Crippen LogP contribution in [0.4, 0.5) is 5.69 Å². The van der Waals surface area contributed by atoms with Crippen LogP contribution in [0.15, 0.2) is 53.4 Å². The lowest BCUT2D eigenvalue weighted by Gasteiger charge is -2.34. The number of amides is 2. The van der Waals surface area contributed by atoms with Crippen molar-refractivity contribution in [2.24, 2.45) is 0 Å². The molecule has 1 aliphatic heterocycles. The lowest BCUT2D eigenvalue weighted by molar-refractivity contribution is -0.116. The van der Waals surface area contributed by atoms with Gasteiger partial charge in [-0.3, -0.25) is 19.6 Å². The van der Waals surface area contributed by atoms with Gasteiger partial charge in [0.2, 0.25) is 5.91 Å². The standard InChI is InChI=1S/C22H25N5O2S/c1-30-19-9-5-4-8-18(19)23-20(28)10-11-26-12-14-27(15-13-26)22(29)21-16-6-2-3-7-17(16)24-25-21/h2-9H,10-15H2,1H3,(H,23,28)(H,24,25). The van der Waals surface area contributed by atoms with Gasteiger partial charge in [0.05, 0.1) is 11.2 Å². The largest absolute Gasteiger partial charge is 0.335 e. The monoisotopic (exact) mass is 423 g/mol. The predicted molar refractivity (Wildman–Crippen MR) is 120 cm³/mol. The van der Waals surface area contributed by atoms with E-state index < -0.39 is 0 Å². The van der Waals surface area contributed by atoms with E-state index >= 15 is 0 Å². The number of nitrogens with one attached hydrogen (secondary N) is 2. The molecule has 2 N–H and O–H groups in total. The fourth-order valence-corrected chi connectivity index (χ4v) is 4.22. The average molecular weight is 424 g/mol. The quantitative estimate of drug-likeness (QED) is 0.596. The van der Waals surface area contributed by atoms with E-state index in [9.17, 15) is 9.59 Å². The molecular formula is C22H25N5O2S. The first-order valence-corrected chi connectivity index (χ1v) is 11.3. The lowest BCUT2D eigenvalue weighted by Crippen LogP contribution is -2.49. The molecule has 0 saturated carbocycles. The number of para-hydroxylation sites is 2. The first kappa shape index (κ1) is 20.4. The molecule has 1 fully saturated rings. The summed E-state index contributed by atoms with van der Waals surface area (Å²) < 4.78 is 0. The molecule has 0 atom stereocenters. The molecule has 8 heteroatoms. The van der Waals surface area contributed by atoms with E-state index in [-0.39, 0.29) is 11.8 Å². The number of aromatic amines is 1. The first-order chi connectivity index (χ1) is 14.7.